The number of hydrogen-bond acceptors (Lipinski definition) is 5. The average molecular weight is 277 g/mol. The molecule has 0 amide bonds. The van der Waals surface area contributed by atoms with Gasteiger partial charge in [-0.2, -0.15) is 5.10 Å². The lowest BCUT2D eigenvalue weighted by atomic mass is 10.2. The standard InChI is InChI=1S/C13H15N3O4/c1-3-6-20-9-5-4-8(7-10(9)19-2)11-14-12(13(17)18)16-15-11/h4-5,7H,3,6H2,1-2H3,(H,17,18)(H,14,15,16). The Morgan fingerprint density at radius 3 is 2.80 bits per heavy atom. The molecular formula is C13H15N3O4. The number of rotatable bonds is 6. The summed E-state index contributed by atoms with van der Waals surface area (Å²) in [6.45, 7) is 2.61. The minimum atomic E-state index is -1.15. The highest BCUT2D eigenvalue weighted by Crippen LogP contribution is 2.31. The smallest absolute Gasteiger partial charge is 0.373 e. The summed E-state index contributed by atoms with van der Waals surface area (Å²) in [6.07, 6.45) is 0.897. The maximum absolute atomic E-state index is 10.8. The Labute approximate surface area is 115 Å². The van der Waals surface area contributed by atoms with Gasteiger partial charge in [0.15, 0.2) is 17.3 Å². The summed E-state index contributed by atoms with van der Waals surface area (Å²) in [5, 5.41) is 15.0. The predicted octanol–water partition coefficient (Wildman–Crippen LogP) is 1.97. The summed E-state index contributed by atoms with van der Waals surface area (Å²) in [7, 11) is 1.54. The third-order valence-electron chi connectivity index (χ3n) is 2.57. The fourth-order valence-electron chi connectivity index (χ4n) is 1.62. The van der Waals surface area contributed by atoms with Crippen molar-refractivity contribution in [3.63, 3.8) is 0 Å². The van der Waals surface area contributed by atoms with Crippen LogP contribution in [0.25, 0.3) is 11.4 Å². The van der Waals surface area contributed by atoms with Crippen molar-refractivity contribution in [2.45, 2.75) is 13.3 Å². The molecule has 0 aliphatic carbocycles. The third-order valence-corrected chi connectivity index (χ3v) is 2.57. The van der Waals surface area contributed by atoms with Crippen LogP contribution in [0.3, 0.4) is 0 Å². The molecule has 106 valence electrons. The van der Waals surface area contributed by atoms with Crippen molar-refractivity contribution in [1.29, 1.82) is 0 Å². The van der Waals surface area contributed by atoms with E-state index in [0.29, 0.717) is 29.5 Å². The zero-order valence-electron chi connectivity index (χ0n) is 11.2. The number of carboxylic acids is 1. The Morgan fingerprint density at radius 2 is 2.20 bits per heavy atom. The SMILES string of the molecule is CCCOc1ccc(-c2n[nH]c(C(=O)O)n2)cc1OC. The van der Waals surface area contributed by atoms with E-state index in [2.05, 4.69) is 15.2 Å². The molecule has 7 heteroatoms. The zero-order chi connectivity index (χ0) is 14.5. The van der Waals surface area contributed by atoms with Crippen LogP contribution in [0.2, 0.25) is 0 Å². The first-order valence-corrected chi connectivity index (χ1v) is 6.12. The molecule has 2 N–H and O–H groups in total. The number of nitrogens with one attached hydrogen (secondary N) is 1. The van der Waals surface area contributed by atoms with Gasteiger partial charge in [-0.15, -0.1) is 0 Å². The van der Waals surface area contributed by atoms with E-state index in [9.17, 15) is 4.79 Å². The number of aromatic nitrogens is 3. The van der Waals surface area contributed by atoms with Gasteiger partial charge >= 0.3 is 5.97 Å². The van der Waals surface area contributed by atoms with Crippen LogP contribution in [0.15, 0.2) is 18.2 Å². The molecule has 0 spiro atoms. The van der Waals surface area contributed by atoms with Gasteiger partial charge in [0.05, 0.1) is 13.7 Å². The number of H-pyrrole nitrogens is 1. The Bertz CT molecular complexity index is 609. The Morgan fingerprint density at radius 1 is 1.40 bits per heavy atom. The first kappa shape index (κ1) is 13.9. The topological polar surface area (TPSA) is 97.3 Å². The van der Waals surface area contributed by atoms with E-state index in [-0.39, 0.29) is 5.82 Å². The van der Waals surface area contributed by atoms with E-state index in [0.717, 1.165) is 6.42 Å². The van der Waals surface area contributed by atoms with Crippen molar-refractivity contribution in [3.05, 3.63) is 24.0 Å². The van der Waals surface area contributed by atoms with Crippen LogP contribution in [-0.2, 0) is 0 Å². The molecule has 2 rings (SSSR count). The number of carbonyl (C=O) groups is 1. The van der Waals surface area contributed by atoms with E-state index < -0.39 is 5.97 Å². The molecule has 1 aromatic heterocycles. The molecule has 2 aromatic rings. The van der Waals surface area contributed by atoms with E-state index in [1.165, 1.54) is 0 Å². The van der Waals surface area contributed by atoms with Gasteiger partial charge in [-0.25, -0.2) is 9.78 Å². The van der Waals surface area contributed by atoms with Crippen LogP contribution in [0.1, 0.15) is 24.0 Å². The minimum absolute atomic E-state index is 0.203. The van der Waals surface area contributed by atoms with Crippen LogP contribution in [0.5, 0.6) is 11.5 Å². The lowest BCUT2D eigenvalue weighted by Gasteiger charge is -2.10. The van der Waals surface area contributed by atoms with Crippen molar-refractivity contribution in [2.75, 3.05) is 13.7 Å². The molecule has 1 heterocycles. The second-order valence-corrected chi connectivity index (χ2v) is 4.03. The number of aromatic amines is 1. The maximum atomic E-state index is 10.8. The molecule has 0 radical (unpaired) electrons. The molecule has 0 bridgehead atoms. The number of benzene rings is 1. The van der Waals surface area contributed by atoms with Crippen LogP contribution < -0.4 is 9.47 Å². The second kappa shape index (κ2) is 6.05. The molecule has 0 aliphatic heterocycles. The molecular weight excluding hydrogens is 262 g/mol. The molecule has 7 nitrogen and oxygen atoms in total. The van der Waals surface area contributed by atoms with Gasteiger partial charge in [0.1, 0.15) is 0 Å². The molecule has 20 heavy (non-hydrogen) atoms. The number of ether oxygens (including phenoxy) is 2. The number of hydrogen-bond donors (Lipinski definition) is 2. The van der Waals surface area contributed by atoms with E-state index in [4.69, 9.17) is 14.6 Å². The van der Waals surface area contributed by atoms with E-state index in [1.807, 2.05) is 6.92 Å². The lowest BCUT2D eigenvalue weighted by molar-refractivity contribution is 0.0684. The Balaban J connectivity index is 2.30. The van der Waals surface area contributed by atoms with E-state index >= 15 is 0 Å². The highest BCUT2D eigenvalue weighted by Gasteiger charge is 2.13. The second-order valence-electron chi connectivity index (χ2n) is 4.03. The lowest BCUT2D eigenvalue weighted by Crippen LogP contribution is -1.99. The zero-order valence-corrected chi connectivity index (χ0v) is 11.2. The first-order chi connectivity index (χ1) is 9.65. The van der Waals surface area contributed by atoms with Crippen LogP contribution >= 0.6 is 0 Å². The van der Waals surface area contributed by atoms with Gasteiger partial charge in [-0.3, -0.25) is 5.10 Å². The van der Waals surface area contributed by atoms with Crippen molar-refractivity contribution in [2.24, 2.45) is 0 Å². The molecule has 0 atom stereocenters. The summed E-state index contributed by atoms with van der Waals surface area (Å²) >= 11 is 0. The maximum Gasteiger partial charge on any atom is 0.373 e. The van der Waals surface area contributed by atoms with Gasteiger partial charge in [-0.1, -0.05) is 6.92 Å². The highest BCUT2D eigenvalue weighted by atomic mass is 16.5. The van der Waals surface area contributed by atoms with Gasteiger partial charge < -0.3 is 14.6 Å². The predicted molar refractivity (Wildman–Crippen MR) is 71.1 cm³/mol. The molecule has 0 saturated heterocycles. The minimum Gasteiger partial charge on any atom is -0.493 e. The number of nitrogens with zero attached hydrogens (tertiary/aromatic N) is 2. The quantitative estimate of drug-likeness (QED) is 0.837. The van der Waals surface area contributed by atoms with Crippen molar-refractivity contribution in [3.8, 4) is 22.9 Å². The first-order valence-electron chi connectivity index (χ1n) is 6.12. The van der Waals surface area contributed by atoms with Crippen LogP contribution in [0.4, 0.5) is 0 Å². The molecule has 0 aliphatic rings. The molecule has 0 fully saturated rings. The third kappa shape index (κ3) is 2.87. The van der Waals surface area contributed by atoms with Crippen LogP contribution in [0, 0.1) is 0 Å². The molecule has 0 unspecified atom stereocenters. The van der Waals surface area contributed by atoms with Crippen molar-refractivity contribution >= 4 is 5.97 Å². The average Bonchev–Trinajstić information content (AvgIpc) is 2.95. The monoisotopic (exact) mass is 277 g/mol. The largest absolute Gasteiger partial charge is 0.493 e. The summed E-state index contributed by atoms with van der Waals surface area (Å²) in [4.78, 5) is 14.6. The Kier molecular flexibility index (Phi) is 4.19. The van der Waals surface area contributed by atoms with Crippen molar-refractivity contribution < 1.29 is 19.4 Å². The molecule has 1 aromatic carbocycles. The fourth-order valence-corrected chi connectivity index (χ4v) is 1.62. The van der Waals surface area contributed by atoms with Crippen molar-refractivity contribution in [1.82, 2.24) is 15.2 Å². The Hall–Kier alpha value is -2.57. The number of methoxy groups -OCH3 is 1. The number of carboxylic acid groups (broad SMARTS) is 1. The van der Waals surface area contributed by atoms with Gasteiger partial charge in [0, 0.05) is 5.56 Å². The summed E-state index contributed by atoms with van der Waals surface area (Å²) in [6, 6.07) is 5.21. The summed E-state index contributed by atoms with van der Waals surface area (Å²) in [5.41, 5.74) is 0.648. The number of aromatic carboxylic acids is 1. The molecule has 0 saturated carbocycles. The van der Waals surface area contributed by atoms with E-state index in [1.54, 1.807) is 25.3 Å². The fraction of sp³-hybridized carbons (Fsp3) is 0.308. The summed E-state index contributed by atoms with van der Waals surface area (Å²) < 4.78 is 10.8. The van der Waals surface area contributed by atoms with Crippen LogP contribution in [-0.4, -0.2) is 40.0 Å². The summed E-state index contributed by atoms with van der Waals surface area (Å²) in [5.74, 6) is 0.122. The highest BCUT2D eigenvalue weighted by molar-refractivity contribution is 5.83. The van der Waals surface area contributed by atoms with Gasteiger partial charge in [0.25, 0.3) is 0 Å². The van der Waals surface area contributed by atoms with Gasteiger partial charge in [0.2, 0.25) is 5.82 Å². The van der Waals surface area contributed by atoms with Gasteiger partial charge in [-0.05, 0) is 24.6 Å². The normalized spacial score (nSPS) is 10.3.